The SMILES string of the molecule is CCC1CCCN(C(=O)[C@H]2NCCO[C@@H]2C)C1. The van der Waals surface area contributed by atoms with Crippen molar-refractivity contribution >= 4 is 5.91 Å². The van der Waals surface area contributed by atoms with Gasteiger partial charge in [-0.25, -0.2) is 0 Å². The van der Waals surface area contributed by atoms with E-state index in [1.807, 2.05) is 11.8 Å². The van der Waals surface area contributed by atoms with E-state index in [4.69, 9.17) is 4.74 Å². The zero-order valence-corrected chi connectivity index (χ0v) is 10.9. The van der Waals surface area contributed by atoms with Crippen molar-refractivity contribution in [1.82, 2.24) is 10.2 Å². The topological polar surface area (TPSA) is 41.6 Å². The fourth-order valence-corrected chi connectivity index (χ4v) is 2.80. The van der Waals surface area contributed by atoms with E-state index in [1.165, 1.54) is 12.8 Å². The van der Waals surface area contributed by atoms with Gasteiger partial charge in [-0.3, -0.25) is 4.79 Å². The van der Waals surface area contributed by atoms with Gasteiger partial charge in [-0.05, 0) is 25.7 Å². The molecular weight excluding hydrogens is 216 g/mol. The summed E-state index contributed by atoms with van der Waals surface area (Å²) in [4.78, 5) is 14.4. The summed E-state index contributed by atoms with van der Waals surface area (Å²) in [5.41, 5.74) is 0. The molecule has 0 aromatic heterocycles. The highest BCUT2D eigenvalue weighted by Gasteiger charge is 2.33. The van der Waals surface area contributed by atoms with E-state index >= 15 is 0 Å². The maximum atomic E-state index is 12.4. The lowest BCUT2D eigenvalue weighted by Gasteiger charge is -2.37. The number of amides is 1. The average Bonchev–Trinajstić information content (AvgIpc) is 2.38. The second-order valence-corrected chi connectivity index (χ2v) is 5.21. The third-order valence-corrected chi connectivity index (χ3v) is 3.99. The van der Waals surface area contributed by atoms with Gasteiger partial charge in [0.25, 0.3) is 0 Å². The molecule has 98 valence electrons. The minimum Gasteiger partial charge on any atom is -0.375 e. The number of piperidine rings is 1. The molecule has 4 nitrogen and oxygen atoms in total. The summed E-state index contributed by atoms with van der Waals surface area (Å²) in [5, 5.41) is 3.28. The molecule has 0 spiro atoms. The standard InChI is InChI=1S/C13H24N2O2/c1-3-11-5-4-7-15(9-11)13(16)12-10(2)17-8-6-14-12/h10-12,14H,3-9H2,1-2H3/t10-,11?,12+/m1/s1. The van der Waals surface area contributed by atoms with Crippen LogP contribution < -0.4 is 5.32 Å². The molecule has 1 unspecified atom stereocenters. The number of nitrogens with zero attached hydrogens (tertiary/aromatic N) is 1. The Labute approximate surface area is 104 Å². The van der Waals surface area contributed by atoms with Crippen LogP contribution in [0, 0.1) is 5.92 Å². The van der Waals surface area contributed by atoms with Gasteiger partial charge in [0.1, 0.15) is 6.04 Å². The number of likely N-dealkylation sites (tertiary alicyclic amines) is 1. The first-order chi connectivity index (χ1) is 8.22. The van der Waals surface area contributed by atoms with E-state index in [-0.39, 0.29) is 18.1 Å². The number of carbonyl (C=O) groups is 1. The number of hydrogen-bond acceptors (Lipinski definition) is 3. The Morgan fingerprint density at radius 1 is 1.53 bits per heavy atom. The number of ether oxygens (including phenoxy) is 1. The van der Waals surface area contributed by atoms with Crippen LogP contribution in [0.2, 0.25) is 0 Å². The van der Waals surface area contributed by atoms with E-state index in [9.17, 15) is 4.79 Å². The van der Waals surface area contributed by atoms with E-state index in [0.29, 0.717) is 12.5 Å². The van der Waals surface area contributed by atoms with Crippen LogP contribution in [0.15, 0.2) is 0 Å². The number of carbonyl (C=O) groups excluding carboxylic acids is 1. The Bertz CT molecular complexity index is 270. The molecule has 1 amide bonds. The van der Waals surface area contributed by atoms with Gasteiger partial charge in [0.15, 0.2) is 0 Å². The summed E-state index contributed by atoms with van der Waals surface area (Å²) in [6, 6.07) is -0.139. The summed E-state index contributed by atoms with van der Waals surface area (Å²) in [5.74, 6) is 0.919. The molecule has 0 aliphatic carbocycles. The van der Waals surface area contributed by atoms with Gasteiger partial charge < -0.3 is 15.0 Å². The van der Waals surface area contributed by atoms with Gasteiger partial charge >= 0.3 is 0 Å². The molecule has 0 saturated carbocycles. The third kappa shape index (κ3) is 2.99. The fraction of sp³-hybridized carbons (Fsp3) is 0.923. The van der Waals surface area contributed by atoms with Crippen molar-refractivity contribution in [3.8, 4) is 0 Å². The molecule has 0 bridgehead atoms. The fourth-order valence-electron chi connectivity index (χ4n) is 2.80. The van der Waals surface area contributed by atoms with Crippen molar-refractivity contribution in [3.63, 3.8) is 0 Å². The molecular formula is C13H24N2O2. The summed E-state index contributed by atoms with van der Waals surface area (Å²) in [6.07, 6.45) is 3.59. The quantitative estimate of drug-likeness (QED) is 0.783. The Hall–Kier alpha value is -0.610. The molecule has 17 heavy (non-hydrogen) atoms. The number of rotatable bonds is 2. The van der Waals surface area contributed by atoms with E-state index in [1.54, 1.807) is 0 Å². The summed E-state index contributed by atoms with van der Waals surface area (Å²) >= 11 is 0. The number of morpholine rings is 1. The molecule has 0 radical (unpaired) electrons. The second kappa shape index (κ2) is 5.83. The number of hydrogen-bond donors (Lipinski definition) is 1. The highest BCUT2D eigenvalue weighted by molar-refractivity contribution is 5.82. The first kappa shape index (κ1) is 12.8. The van der Waals surface area contributed by atoms with Crippen LogP contribution in [0.1, 0.15) is 33.1 Å². The summed E-state index contributed by atoms with van der Waals surface area (Å²) < 4.78 is 5.55. The van der Waals surface area contributed by atoms with Crippen molar-refractivity contribution in [1.29, 1.82) is 0 Å². The summed E-state index contributed by atoms with van der Waals surface area (Å²) in [7, 11) is 0. The van der Waals surface area contributed by atoms with Crippen molar-refractivity contribution in [3.05, 3.63) is 0 Å². The van der Waals surface area contributed by atoms with Crippen LogP contribution >= 0.6 is 0 Å². The molecule has 2 rings (SSSR count). The third-order valence-electron chi connectivity index (χ3n) is 3.99. The minimum absolute atomic E-state index is 0.00162. The molecule has 2 saturated heterocycles. The molecule has 3 atom stereocenters. The lowest BCUT2D eigenvalue weighted by Crippen LogP contribution is -2.57. The maximum Gasteiger partial charge on any atom is 0.242 e. The van der Waals surface area contributed by atoms with Crippen molar-refractivity contribution < 1.29 is 9.53 Å². The van der Waals surface area contributed by atoms with Crippen molar-refractivity contribution in [2.24, 2.45) is 5.92 Å². The van der Waals surface area contributed by atoms with Crippen LogP contribution in [0.5, 0.6) is 0 Å². The largest absolute Gasteiger partial charge is 0.375 e. The number of nitrogens with one attached hydrogen (secondary N) is 1. The van der Waals surface area contributed by atoms with Crippen molar-refractivity contribution in [2.75, 3.05) is 26.2 Å². The van der Waals surface area contributed by atoms with Crippen LogP contribution in [-0.2, 0) is 9.53 Å². The van der Waals surface area contributed by atoms with Crippen LogP contribution in [0.25, 0.3) is 0 Å². The highest BCUT2D eigenvalue weighted by Crippen LogP contribution is 2.20. The first-order valence-electron chi connectivity index (χ1n) is 6.86. The predicted molar refractivity (Wildman–Crippen MR) is 66.8 cm³/mol. The average molecular weight is 240 g/mol. The summed E-state index contributed by atoms with van der Waals surface area (Å²) in [6.45, 7) is 7.54. The zero-order chi connectivity index (χ0) is 12.3. The first-order valence-corrected chi connectivity index (χ1v) is 6.86. The smallest absolute Gasteiger partial charge is 0.242 e. The molecule has 1 N–H and O–H groups in total. The Morgan fingerprint density at radius 3 is 3.06 bits per heavy atom. The van der Waals surface area contributed by atoms with Gasteiger partial charge in [0, 0.05) is 19.6 Å². The normalized spacial score (nSPS) is 34.7. The molecule has 2 aliphatic rings. The lowest BCUT2D eigenvalue weighted by atomic mass is 9.95. The van der Waals surface area contributed by atoms with Gasteiger partial charge in [0.2, 0.25) is 5.91 Å². The maximum absolute atomic E-state index is 12.4. The Balaban J connectivity index is 1.93. The van der Waals surface area contributed by atoms with Gasteiger partial charge in [-0.15, -0.1) is 0 Å². The molecule has 4 heteroatoms. The lowest BCUT2D eigenvalue weighted by molar-refractivity contribution is -0.141. The molecule has 2 fully saturated rings. The minimum atomic E-state index is -0.139. The monoisotopic (exact) mass is 240 g/mol. The van der Waals surface area contributed by atoms with Gasteiger partial charge in [-0.2, -0.15) is 0 Å². The van der Waals surface area contributed by atoms with E-state index in [0.717, 1.165) is 26.1 Å². The Kier molecular flexibility index (Phi) is 4.40. The van der Waals surface area contributed by atoms with Crippen molar-refractivity contribution in [2.45, 2.75) is 45.3 Å². The molecule has 2 heterocycles. The molecule has 0 aromatic rings. The second-order valence-electron chi connectivity index (χ2n) is 5.21. The van der Waals surface area contributed by atoms with Crippen LogP contribution in [0.4, 0.5) is 0 Å². The molecule has 0 aromatic carbocycles. The van der Waals surface area contributed by atoms with Gasteiger partial charge in [-0.1, -0.05) is 13.3 Å². The predicted octanol–water partition coefficient (Wildman–Crippen LogP) is 1.01. The van der Waals surface area contributed by atoms with E-state index < -0.39 is 0 Å². The van der Waals surface area contributed by atoms with E-state index in [2.05, 4.69) is 12.2 Å². The Morgan fingerprint density at radius 2 is 2.35 bits per heavy atom. The van der Waals surface area contributed by atoms with Crippen LogP contribution in [-0.4, -0.2) is 49.2 Å². The zero-order valence-electron chi connectivity index (χ0n) is 10.9. The highest BCUT2D eigenvalue weighted by atomic mass is 16.5. The molecule has 2 aliphatic heterocycles. The van der Waals surface area contributed by atoms with Gasteiger partial charge in [0.05, 0.1) is 12.7 Å². The van der Waals surface area contributed by atoms with Crippen LogP contribution in [0.3, 0.4) is 0 Å².